The first kappa shape index (κ1) is 12.7. The Kier molecular flexibility index (Phi) is 4.63. The lowest BCUT2D eigenvalue weighted by Gasteiger charge is -2.30. The number of likely N-dealkylation sites (tertiary alicyclic amines) is 1. The van der Waals surface area contributed by atoms with Crippen molar-refractivity contribution in [3.63, 3.8) is 0 Å². The minimum absolute atomic E-state index is 0.0335. The molecule has 0 spiro atoms. The lowest BCUT2D eigenvalue weighted by molar-refractivity contribution is -0.131. The Hall–Kier alpha value is 0.630. The van der Waals surface area contributed by atoms with Crippen molar-refractivity contribution in [3.05, 3.63) is 0 Å². The number of carbonyl (C=O) groups excluding carboxylic acids is 1. The summed E-state index contributed by atoms with van der Waals surface area (Å²) in [5.41, 5.74) is -0.877. The minimum atomic E-state index is -1.62. The van der Waals surface area contributed by atoms with Crippen LogP contribution in [0.15, 0.2) is 0 Å². The van der Waals surface area contributed by atoms with E-state index < -0.39 is 9.29 Å². The Labute approximate surface area is 103 Å². The van der Waals surface area contributed by atoms with Gasteiger partial charge in [0.2, 0.25) is 9.70 Å². The summed E-state index contributed by atoms with van der Waals surface area (Å²) in [6.45, 7) is 0.570. The van der Waals surface area contributed by atoms with E-state index in [1.54, 1.807) is 0 Å². The molecule has 1 heterocycles. The van der Waals surface area contributed by atoms with Gasteiger partial charge in [-0.1, -0.05) is 52.8 Å². The van der Waals surface area contributed by atoms with Crippen LogP contribution in [0.1, 0.15) is 25.7 Å². The Morgan fingerprint density at radius 1 is 1.21 bits per heavy atom. The molecule has 14 heavy (non-hydrogen) atoms. The first-order chi connectivity index (χ1) is 6.43. The van der Waals surface area contributed by atoms with Gasteiger partial charge in [0.25, 0.3) is 0 Å². The molecule has 0 saturated carbocycles. The monoisotopic (exact) mass is 277 g/mol. The minimum Gasteiger partial charge on any atom is -0.322 e. The topological polar surface area (TPSA) is 20.3 Å². The zero-order chi connectivity index (χ0) is 10.8. The molecule has 0 aliphatic carbocycles. The predicted octanol–water partition coefficient (Wildman–Crippen LogP) is 3.32. The van der Waals surface area contributed by atoms with E-state index in [0.717, 1.165) is 19.3 Å². The Morgan fingerprint density at radius 2 is 1.86 bits per heavy atom. The number of alkyl halides is 4. The molecule has 0 bridgehead atoms. The lowest BCUT2D eigenvalue weighted by atomic mass is 10.2. The SMILES string of the molecule is O=C1CCCCCN1[C@@H](Cl)C(Cl)(Cl)Cl. The highest BCUT2D eigenvalue weighted by Crippen LogP contribution is 2.36. The average Bonchev–Trinajstić information content (AvgIpc) is 2.27. The Bertz CT molecular complexity index is 216. The van der Waals surface area contributed by atoms with E-state index in [-0.39, 0.29) is 5.91 Å². The molecule has 1 atom stereocenters. The predicted molar refractivity (Wildman–Crippen MR) is 60.1 cm³/mol. The fourth-order valence-corrected chi connectivity index (χ4v) is 1.98. The molecule has 0 N–H and O–H groups in total. The van der Waals surface area contributed by atoms with Crippen molar-refractivity contribution in [2.24, 2.45) is 0 Å². The molecule has 1 aliphatic rings. The molecule has 0 radical (unpaired) electrons. The fourth-order valence-electron chi connectivity index (χ4n) is 1.42. The molecule has 0 aromatic carbocycles. The van der Waals surface area contributed by atoms with Gasteiger partial charge in [0, 0.05) is 13.0 Å². The molecule has 82 valence electrons. The van der Waals surface area contributed by atoms with E-state index in [9.17, 15) is 4.79 Å². The summed E-state index contributed by atoms with van der Waals surface area (Å²) < 4.78 is -1.62. The Balaban J connectivity index is 2.68. The summed E-state index contributed by atoms with van der Waals surface area (Å²) in [4.78, 5) is 13.0. The number of rotatable bonds is 1. The van der Waals surface area contributed by atoms with Gasteiger partial charge in [-0.15, -0.1) is 0 Å². The van der Waals surface area contributed by atoms with Gasteiger partial charge in [-0.2, -0.15) is 0 Å². The fraction of sp³-hybridized carbons (Fsp3) is 0.875. The lowest BCUT2D eigenvalue weighted by Crippen LogP contribution is -2.43. The van der Waals surface area contributed by atoms with Gasteiger partial charge in [0.15, 0.2) is 5.50 Å². The van der Waals surface area contributed by atoms with E-state index in [2.05, 4.69) is 0 Å². The van der Waals surface area contributed by atoms with Crippen LogP contribution in [0.5, 0.6) is 0 Å². The van der Waals surface area contributed by atoms with Crippen LogP contribution in [0, 0.1) is 0 Å². The van der Waals surface area contributed by atoms with Gasteiger partial charge < -0.3 is 4.90 Å². The van der Waals surface area contributed by atoms with Gasteiger partial charge >= 0.3 is 0 Å². The summed E-state index contributed by atoms with van der Waals surface area (Å²) in [5.74, 6) is -0.0335. The van der Waals surface area contributed by atoms with E-state index in [4.69, 9.17) is 46.4 Å². The number of halogens is 4. The molecule has 0 aromatic heterocycles. The standard InChI is InChI=1S/C8H11Cl4NO/c9-7(8(10,11)12)13-5-3-1-2-4-6(13)14/h7H,1-5H2/t7-/m1/s1. The summed E-state index contributed by atoms with van der Waals surface area (Å²) in [5, 5.41) is 0. The third kappa shape index (κ3) is 3.34. The van der Waals surface area contributed by atoms with Gasteiger partial charge in [0.05, 0.1) is 0 Å². The maximum Gasteiger partial charge on any atom is 0.224 e. The zero-order valence-corrected chi connectivity index (χ0v) is 10.5. The van der Waals surface area contributed by atoms with E-state index in [0.29, 0.717) is 13.0 Å². The summed E-state index contributed by atoms with van der Waals surface area (Å²) in [6, 6.07) is 0. The second-order valence-corrected chi connectivity index (χ2v) is 6.06. The maximum absolute atomic E-state index is 11.6. The van der Waals surface area contributed by atoms with Crippen molar-refractivity contribution in [2.75, 3.05) is 6.54 Å². The van der Waals surface area contributed by atoms with Gasteiger partial charge in [-0.25, -0.2) is 0 Å². The number of nitrogens with zero attached hydrogens (tertiary/aromatic N) is 1. The van der Waals surface area contributed by atoms with Crippen LogP contribution in [0.25, 0.3) is 0 Å². The normalized spacial score (nSPS) is 22.0. The third-order valence-corrected chi connectivity index (χ3v) is 3.67. The van der Waals surface area contributed by atoms with Crippen molar-refractivity contribution in [1.82, 2.24) is 4.90 Å². The van der Waals surface area contributed by atoms with Crippen molar-refractivity contribution >= 4 is 52.3 Å². The van der Waals surface area contributed by atoms with E-state index in [1.807, 2.05) is 0 Å². The molecule has 0 unspecified atom stereocenters. The van der Waals surface area contributed by atoms with Crippen LogP contribution in [0.2, 0.25) is 0 Å². The molecule has 1 aliphatic heterocycles. The van der Waals surface area contributed by atoms with Gasteiger partial charge in [-0.3, -0.25) is 4.79 Å². The van der Waals surface area contributed by atoms with Crippen LogP contribution in [0.4, 0.5) is 0 Å². The maximum atomic E-state index is 11.6. The molecular formula is C8H11Cl4NO. The van der Waals surface area contributed by atoms with Crippen LogP contribution < -0.4 is 0 Å². The highest BCUT2D eigenvalue weighted by molar-refractivity contribution is 6.70. The second kappa shape index (κ2) is 5.11. The molecule has 6 heteroatoms. The van der Waals surface area contributed by atoms with Crippen molar-refractivity contribution < 1.29 is 4.79 Å². The summed E-state index contributed by atoms with van der Waals surface area (Å²) in [7, 11) is 0. The number of hydrogen-bond acceptors (Lipinski definition) is 1. The summed E-state index contributed by atoms with van der Waals surface area (Å²) >= 11 is 22.8. The average molecular weight is 279 g/mol. The zero-order valence-electron chi connectivity index (χ0n) is 7.48. The highest BCUT2D eigenvalue weighted by atomic mass is 35.6. The number of amides is 1. The van der Waals surface area contributed by atoms with Crippen molar-refractivity contribution in [3.8, 4) is 0 Å². The molecule has 0 aromatic rings. The van der Waals surface area contributed by atoms with Crippen molar-refractivity contribution in [2.45, 2.75) is 35.0 Å². The van der Waals surface area contributed by atoms with E-state index in [1.165, 1.54) is 4.90 Å². The molecular weight excluding hydrogens is 268 g/mol. The first-order valence-corrected chi connectivity index (χ1v) is 6.00. The highest BCUT2D eigenvalue weighted by Gasteiger charge is 2.38. The smallest absolute Gasteiger partial charge is 0.224 e. The number of hydrogen-bond donors (Lipinski definition) is 0. The second-order valence-electron chi connectivity index (χ2n) is 3.28. The van der Waals surface area contributed by atoms with Crippen molar-refractivity contribution in [1.29, 1.82) is 0 Å². The Morgan fingerprint density at radius 3 is 2.43 bits per heavy atom. The summed E-state index contributed by atoms with van der Waals surface area (Å²) in [6.07, 6.45) is 3.31. The molecule has 1 amide bonds. The van der Waals surface area contributed by atoms with Gasteiger partial charge in [-0.05, 0) is 12.8 Å². The molecule has 1 saturated heterocycles. The van der Waals surface area contributed by atoms with Crippen LogP contribution >= 0.6 is 46.4 Å². The quantitative estimate of drug-likeness (QED) is 0.532. The molecule has 2 nitrogen and oxygen atoms in total. The number of carbonyl (C=O) groups is 1. The van der Waals surface area contributed by atoms with E-state index >= 15 is 0 Å². The molecule has 1 fully saturated rings. The van der Waals surface area contributed by atoms with Crippen LogP contribution in [-0.2, 0) is 4.79 Å². The van der Waals surface area contributed by atoms with Gasteiger partial charge in [0.1, 0.15) is 0 Å². The largest absolute Gasteiger partial charge is 0.322 e. The molecule has 1 rings (SSSR count). The van der Waals surface area contributed by atoms with Crippen LogP contribution in [-0.4, -0.2) is 26.6 Å². The van der Waals surface area contributed by atoms with Crippen LogP contribution in [0.3, 0.4) is 0 Å². The third-order valence-electron chi connectivity index (χ3n) is 2.15. The first-order valence-electron chi connectivity index (χ1n) is 4.43.